The van der Waals surface area contributed by atoms with Gasteiger partial charge in [-0.1, -0.05) is 42.5 Å². The summed E-state index contributed by atoms with van der Waals surface area (Å²) in [7, 11) is 0. The summed E-state index contributed by atoms with van der Waals surface area (Å²) in [6.45, 7) is 1.46. The van der Waals surface area contributed by atoms with Crippen molar-refractivity contribution in [3.8, 4) is 5.75 Å². The third-order valence-electron chi connectivity index (χ3n) is 4.17. The quantitative estimate of drug-likeness (QED) is 0.489. The minimum Gasteiger partial charge on any atom is -0.479 e. The van der Waals surface area contributed by atoms with Gasteiger partial charge in [0.2, 0.25) is 5.91 Å². The van der Waals surface area contributed by atoms with Crippen LogP contribution >= 0.6 is 0 Å². The molecule has 1 atom stereocenters. The Morgan fingerprint density at radius 3 is 2.54 bits per heavy atom. The van der Waals surface area contributed by atoms with Crippen LogP contribution in [0.1, 0.15) is 18.1 Å². The molecule has 28 heavy (non-hydrogen) atoms. The maximum atomic E-state index is 12.2. The minimum absolute atomic E-state index is 0.206. The van der Waals surface area contributed by atoms with E-state index in [0.29, 0.717) is 5.75 Å². The fraction of sp³-hybridized carbons (Fsp3) is 0.136. The van der Waals surface area contributed by atoms with E-state index in [9.17, 15) is 9.59 Å². The van der Waals surface area contributed by atoms with Crippen molar-refractivity contribution in [2.75, 3.05) is 0 Å². The van der Waals surface area contributed by atoms with Gasteiger partial charge >= 0.3 is 5.97 Å². The van der Waals surface area contributed by atoms with Crippen LogP contribution in [0.15, 0.2) is 71.8 Å². The molecule has 142 valence electrons. The first-order chi connectivity index (χ1) is 13.5. The Labute approximate surface area is 162 Å². The van der Waals surface area contributed by atoms with Crippen molar-refractivity contribution >= 4 is 28.9 Å². The number of hydrogen-bond donors (Lipinski definition) is 2. The van der Waals surface area contributed by atoms with Gasteiger partial charge in [-0.2, -0.15) is 5.10 Å². The third-order valence-corrected chi connectivity index (χ3v) is 4.17. The number of carbonyl (C=O) groups excluding carboxylic acids is 1. The lowest BCUT2D eigenvalue weighted by Crippen LogP contribution is -2.22. The highest BCUT2D eigenvalue weighted by molar-refractivity contribution is 5.90. The van der Waals surface area contributed by atoms with Gasteiger partial charge in [0, 0.05) is 0 Å². The van der Waals surface area contributed by atoms with Crippen molar-refractivity contribution in [1.29, 1.82) is 0 Å². The topological polar surface area (TPSA) is 88.0 Å². The predicted molar refractivity (Wildman–Crippen MR) is 108 cm³/mol. The van der Waals surface area contributed by atoms with Crippen LogP contribution in [0.2, 0.25) is 0 Å². The monoisotopic (exact) mass is 376 g/mol. The molecule has 0 aliphatic rings. The smallest absolute Gasteiger partial charge is 0.344 e. The molecule has 0 heterocycles. The molecule has 0 aliphatic carbocycles. The highest BCUT2D eigenvalue weighted by atomic mass is 16.5. The summed E-state index contributed by atoms with van der Waals surface area (Å²) in [5.74, 6) is -0.783. The fourth-order valence-corrected chi connectivity index (χ4v) is 2.72. The van der Waals surface area contributed by atoms with Gasteiger partial charge in [-0.05, 0) is 53.1 Å². The average Bonchev–Trinajstić information content (AvgIpc) is 2.69. The summed E-state index contributed by atoms with van der Waals surface area (Å²) in [6.07, 6.45) is 0.831. The zero-order valence-electron chi connectivity index (χ0n) is 15.3. The van der Waals surface area contributed by atoms with Gasteiger partial charge in [0.15, 0.2) is 6.10 Å². The minimum atomic E-state index is -1.03. The fourth-order valence-electron chi connectivity index (χ4n) is 2.72. The van der Waals surface area contributed by atoms with Crippen molar-refractivity contribution in [3.05, 3.63) is 77.9 Å². The number of hydrazone groups is 1. The van der Waals surface area contributed by atoms with Crippen molar-refractivity contribution < 1.29 is 19.4 Å². The standard InChI is InChI=1S/C22H20N2O4/c1-15(22(26)27)28-19-11-9-16(10-12-19)14-23-24-21(25)13-18-7-4-6-17-5-2-3-8-20(17)18/h2-12,14-15H,13H2,1H3,(H,24,25)(H,26,27)/b23-14+. The normalized spacial score (nSPS) is 12.0. The number of hydrogen-bond acceptors (Lipinski definition) is 4. The van der Waals surface area contributed by atoms with Crippen LogP contribution < -0.4 is 10.2 Å². The third kappa shape index (κ3) is 4.94. The van der Waals surface area contributed by atoms with Gasteiger partial charge in [0.25, 0.3) is 0 Å². The second kappa shape index (κ2) is 8.81. The summed E-state index contributed by atoms with van der Waals surface area (Å²) in [5, 5.41) is 15.0. The van der Waals surface area contributed by atoms with E-state index < -0.39 is 12.1 Å². The van der Waals surface area contributed by atoms with Crippen LogP contribution in [0, 0.1) is 0 Å². The van der Waals surface area contributed by atoms with Crippen LogP contribution in [0.25, 0.3) is 10.8 Å². The molecular formula is C22H20N2O4. The maximum absolute atomic E-state index is 12.2. The van der Waals surface area contributed by atoms with E-state index in [4.69, 9.17) is 9.84 Å². The van der Waals surface area contributed by atoms with Crippen molar-refractivity contribution in [2.45, 2.75) is 19.4 Å². The first-order valence-electron chi connectivity index (χ1n) is 8.81. The van der Waals surface area contributed by atoms with E-state index in [1.165, 1.54) is 13.1 Å². The molecule has 3 rings (SSSR count). The first-order valence-corrected chi connectivity index (χ1v) is 8.81. The molecule has 0 spiro atoms. The Balaban J connectivity index is 1.57. The Morgan fingerprint density at radius 1 is 1.07 bits per heavy atom. The number of aliphatic carboxylic acids is 1. The molecule has 0 radical (unpaired) electrons. The summed E-state index contributed by atoms with van der Waals surface area (Å²) in [4.78, 5) is 23.0. The molecule has 1 unspecified atom stereocenters. The van der Waals surface area contributed by atoms with E-state index in [1.54, 1.807) is 24.3 Å². The zero-order chi connectivity index (χ0) is 19.9. The van der Waals surface area contributed by atoms with Gasteiger partial charge in [-0.25, -0.2) is 10.2 Å². The SMILES string of the molecule is CC(Oc1ccc(/C=N/NC(=O)Cc2cccc3ccccc23)cc1)C(=O)O. The van der Waals surface area contributed by atoms with Gasteiger partial charge in [0.1, 0.15) is 5.75 Å². The Morgan fingerprint density at radius 2 is 1.79 bits per heavy atom. The number of carbonyl (C=O) groups is 2. The van der Waals surface area contributed by atoms with Gasteiger partial charge in [-0.3, -0.25) is 4.79 Å². The predicted octanol–water partition coefficient (Wildman–Crippen LogP) is 3.38. The molecule has 6 heteroatoms. The van der Waals surface area contributed by atoms with Crippen LogP contribution in [-0.2, 0) is 16.0 Å². The van der Waals surface area contributed by atoms with E-state index >= 15 is 0 Å². The highest BCUT2D eigenvalue weighted by Crippen LogP contribution is 2.18. The average molecular weight is 376 g/mol. The van der Waals surface area contributed by atoms with E-state index in [1.807, 2.05) is 42.5 Å². The maximum Gasteiger partial charge on any atom is 0.344 e. The Bertz CT molecular complexity index is 1010. The molecule has 3 aromatic rings. The van der Waals surface area contributed by atoms with Crippen LogP contribution in [0.3, 0.4) is 0 Å². The van der Waals surface area contributed by atoms with Crippen molar-refractivity contribution in [3.63, 3.8) is 0 Å². The van der Waals surface area contributed by atoms with E-state index in [-0.39, 0.29) is 12.3 Å². The molecule has 6 nitrogen and oxygen atoms in total. The van der Waals surface area contributed by atoms with Crippen LogP contribution in [0.4, 0.5) is 0 Å². The molecule has 0 fully saturated rings. The number of nitrogens with zero attached hydrogens (tertiary/aromatic N) is 1. The molecule has 0 saturated carbocycles. The lowest BCUT2D eigenvalue weighted by molar-refractivity contribution is -0.144. The highest BCUT2D eigenvalue weighted by Gasteiger charge is 2.11. The molecule has 3 aromatic carbocycles. The summed E-state index contributed by atoms with van der Waals surface area (Å²) in [6, 6.07) is 20.6. The lowest BCUT2D eigenvalue weighted by Gasteiger charge is -2.09. The van der Waals surface area contributed by atoms with E-state index in [2.05, 4.69) is 10.5 Å². The first kappa shape index (κ1) is 19.1. The van der Waals surface area contributed by atoms with Gasteiger partial charge in [-0.15, -0.1) is 0 Å². The number of carboxylic acids is 1. The molecule has 2 N–H and O–H groups in total. The number of fused-ring (bicyclic) bond motifs is 1. The summed E-state index contributed by atoms with van der Waals surface area (Å²) < 4.78 is 5.26. The van der Waals surface area contributed by atoms with Crippen molar-refractivity contribution in [1.82, 2.24) is 5.43 Å². The number of rotatable bonds is 7. The lowest BCUT2D eigenvalue weighted by atomic mass is 10.0. The Kier molecular flexibility index (Phi) is 6.01. The molecule has 0 aromatic heterocycles. The second-order valence-corrected chi connectivity index (χ2v) is 6.28. The molecular weight excluding hydrogens is 356 g/mol. The molecule has 0 saturated heterocycles. The van der Waals surface area contributed by atoms with Crippen LogP contribution in [-0.4, -0.2) is 29.3 Å². The summed E-state index contributed by atoms with van der Waals surface area (Å²) >= 11 is 0. The number of ether oxygens (including phenoxy) is 1. The number of amides is 1. The van der Waals surface area contributed by atoms with Gasteiger partial charge in [0.05, 0.1) is 12.6 Å². The second-order valence-electron chi connectivity index (χ2n) is 6.28. The van der Waals surface area contributed by atoms with Crippen molar-refractivity contribution in [2.24, 2.45) is 5.10 Å². The van der Waals surface area contributed by atoms with Crippen LogP contribution in [0.5, 0.6) is 5.75 Å². The number of carboxylic acid groups (broad SMARTS) is 1. The molecule has 0 bridgehead atoms. The van der Waals surface area contributed by atoms with E-state index in [0.717, 1.165) is 21.9 Å². The number of benzene rings is 3. The zero-order valence-corrected chi connectivity index (χ0v) is 15.3. The summed E-state index contributed by atoms with van der Waals surface area (Å²) in [5.41, 5.74) is 4.22. The number of nitrogens with one attached hydrogen (secondary N) is 1. The molecule has 0 aliphatic heterocycles. The molecule has 1 amide bonds. The Hall–Kier alpha value is -3.67. The van der Waals surface area contributed by atoms with Gasteiger partial charge < -0.3 is 9.84 Å². The largest absolute Gasteiger partial charge is 0.479 e.